The normalized spacial score (nSPS) is 10.6. The Morgan fingerprint density at radius 1 is 0.475 bits per heavy atom. The molecule has 4 aromatic carbocycles. The van der Waals surface area contributed by atoms with Gasteiger partial charge in [0.25, 0.3) is 0 Å². The second kappa shape index (κ2) is 13.5. The Kier molecular flexibility index (Phi) is 9.62. The topological polar surface area (TPSA) is 75.6 Å². The molecule has 0 aliphatic rings. The van der Waals surface area contributed by atoms with Crippen LogP contribution in [0.1, 0.15) is 22.3 Å². The van der Waals surface area contributed by atoms with E-state index in [-0.39, 0.29) is 5.75 Å². The molecule has 0 radical (unpaired) electrons. The first-order valence-electron chi connectivity index (χ1n) is 13.1. The smallest absolute Gasteiger partial charge is 0.169 e. The zero-order valence-corrected chi connectivity index (χ0v) is 23.7. The van der Waals surface area contributed by atoms with E-state index >= 15 is 0 Å². The summed E-state index contributed by atoms with van der Waals surface area (Å²) in [6.07, 6.45) is 2.98. The third-order valence-electron chi connectivity index (χ3n) is 6.71. The van der Waals surface area contributed by atoms with E-state index in [1.807, 2.05) is 54.6 Å². The van der Waals surface area contributed by atoms with E-state index in [4.69, 9.17) is 28.4 Å². The lowest BCUT2D eigenvalue weighted by Crippen LogP contribution is -2.00. The van der Waals surface area contributed by atoms with Crippen molar-refractivity contribution < 1.29 is 33.5 Å². The molecule has 0 unspecified atom stereocenters. The van der Waals surface area contributed by atoms with E-state index in [1.54, 1.807) is 47.7 Å². The molecule has 0 aliphatic carbocycles. The van der Waals surface area contributed by atoms with Crippen molar-refractivity contribution in [2.45, 2.75) is 25.7 Å². The SMILES string of the molecule is COc1cccc(CCc2cc(Oc3cc(O)cc(CCc4ccc(OC)c(OC)c4)c3)c(OC)cc2OC)c1. The Morgan fingerprint density at radius 2 is 1.12 bits per heavy atom. The fourth-order valence-corrected chi connectivity index (χ4v) is 4.61. The van der Waals surface area contributed by atoms with Crippen molar-refractivity contribution >= 4 is 0 Å². The van der Waals surface area contributed by atoms with E-state index < -0.39 is 0 Å². The number of hydrogen-bond acceptors (Lipinski definition) is 7. The number of phenolic OH excluding ortho intramolecular Hbond substituents is 1. The molecule has 0 saturated heterocycles. The van der Waals surface area contributed by atoms with Crippen LogP contribution in [0.2, 0.25) is 0 Å². The van der Waals surface area contributed by atoms with Crippen molar-refractivity contribution in [2.75, 3.05) is 35.5 Å². The zero-order valence-electron chi connectivity index (χ0n) is 23.7. The quantitative estimate of drug-likeness (QED) is 0.198. The van der Waals surface area contributed by atoms with Gasteiger partial charge in [-0.05, 0) is 90.4 Å². The van der Waals surface area contributed by atoms with Crippen molar-refractivity contribution in [3.05, 3.63) is 95.1 Å². The van der Waals surface area contributed by atoms with Crippen LogP contribution in [0, 0.1) is 0 Å². The van der Waals surface area contributed by atoms with Crippen LogP contribution in [0.3, 0.4) is 0 Å². The maximum Gasteiger partial charge on any atom is 0.169 e. The second-order valence-electron chi connectivity index (χ2n) is 9.29. The average Bonchev–Trinajstić information content (AvgIpc) is 2.98. The Bertz CT molecular complexity index is 1430. The molecule has 4 rings (SSSR count). The molecule has 7 nitrogen and oxygen atoms in total. The van der Waals surface area contributed by atoms with Gasteiger partial charge in [0.05, 0.1) is 35.5 Å². The molecule has 0 saturated carbocycles. The van der Waals surface area contributed by atoms with Gasteiger partial charge in [0.2, 0.25) is 0 Å². The minimum absolute atomic E-state index is 0.130. The molecular weight excluding hydrogens is 508 g/mol. The highest BCUT2D eigenvalue weighted by Crippen LogP contribution is 2.39. The first-order valence-corrected chi connectivity index (χ1v) is 13.1. The molecule has 0 spiro atoms. The lowest BCUT2D eigenvalue weighted by Gasteiger charge is -2.16. The van der Waals surface area contributed by atoms with E-state index in [2.05, 4.69) is 6.07 Å². The summed E-state index contributed by atoms with van der Waals surface area (Å²) < 4.78 is 33.6. The van der Waals surface area contributed by atoms with Gasteiger partial charge < -0.3 is 33.5 Å². The fraction of sp³-hybridized carbons (Fsp3) is 0.273. The number of phenols is 1. The molecule has 40 heavy (non-hydrogen) atoms. The van der Waals surface area contributed by atoms with Gasteiger partial charge in [0, 0.05) is 12.1 Å². The first-order chi connectivity index (χ1) is 19.5. The number of hydrogen-bond donors (Lipinski definition) is 1. The van der Waals surface area contributed by atoms with Crippen LogP contribution in [0.5, 0.6) is 46.0 Å². The second-order valence-corrected chi connectivity index (χ2v) is 9.29. The number of ether oxygens (including phenoxy) is 6. The van der Waals surface area contributed by atoms with Crippen LogP contribution in [0.25, 0.3) is 0 Å². The third-order valence-corrected chi connectivity index (χ3v) is 6.71. The van der Waals surface area contributed by atoms with E-state index in [9.17, 15) is 5.11 Å². The minimum Gasteiger partial charge on any atom is -0.508 e. The summed E-state index contributed by atoms with van der Waals surface area (Å²) in [7, 11) is 8.14. The highest BCUT2D eigenvalue weighted by molar-refractivity contribution is 5.53. The van der Waals surface area contributed by atoms with Crippen molar-refractivity contribution in [2.24, 2.45) is 0 Å². The molecule has 0 atom stereocenters. The molecule has 0 aliphatic heterocycles. The Balaban J connectivity index is 1.53. The number of aryl methyl sites for hydroxylation is 4. The maximum absolute atomic E-state index is 10.5. The molecule has 0 bridgehead atoms. The molecule has 4 aromatic rings. The van der Waals surface area contributed by atoms with Gasteiger partial charge in [0.1, 0.15) is 23.0 Å². The highest BCUT2D eigenvalue weighted by Gasteiger charge is 2.15. The van der Waals surface area contributed by atoms with E-state index in [0.717, 1.165) is 53.0 Å². The number of benzene rings is 4. The number of rotatable bonds is 13. The van der Waals surface area contributed by atoms with Crippen LogP contribution in [-0.2, 0) is 25.7 Å². The minimum atomic E-state index is 0.130. The van der Waals surface area contributed by atoms with Gasteiger partial charge in [0.15, 0.2) is 23.0 Å². The lowest BCUT2D eigenvalue weighted by molar-refractivity contribution is 0.354. The van der Waals surface area contributed by atoms with Crippen molar-refractivity contribution in [3.63, 3.8) is 0 Å². The summed E-state index contributed by atoms with van der Waals surface area (Å²) in [6, 6.07) is 22.9. The van der Waals surface area contributed by atoms with Crippen molar-refractivity contribution in [3.8, 4) is 46.0 Å². The van der Waals surface area contributed by atoms with E-state index in [1.165, 1.54) is 0 Å². The van der Waals surface area contributed by atoms with E-state index in [0.29, 0.717) is 35.2 Å². The van der Waals surface area contributed by atoms with Crippen molar-refractivity contribution in [1.82, 2.24) is 0 Å². The van der Waals surface area contributed by atoms with Gasteiger partial charge in [-0.1, -0.05) is 18.2 Å². The molecule has 210 valence electrons. The van der Waals surface area contributed by atoms with Crippen LogP contribution >= 0.6 is 0 Å². The van der Waals surface area contributed by atoms with Gasteiger partial charge in [-0.3, -0.25) is 0 Å². The summed E-state index contributed by atoms with van der Waals surface area (Å²) in [5.41, 5.74) is 4.18. The predicted molar refractivity (Wildman–Crippen MR) is 155 cm³/mol. The molecular formula is C33H36O7. The van der Waals surface area contributed by atoms with Gasteiger partial charge >= 0.3 is 0 Å². The van der Waals surface area contributed by atoms with Crippen LogP contribution in [0.15, 0.2) is 72.8 Å². The van der Waals surface area contributed by atoms with Gasteiger partial charge in [-0.2, -0.15) is 0 Å². The molecule has 7 heteroatoms. The molecule has 0 fully saturated rings. The summed E-state index contributed by atoms with van der Waals surface area (Å²) in [5.74, 6) is 4.66. The van der Waals surface area contributed by atoms with Crippen LogP contribution < -0.4 is 28.4 Å². The number of aromatic hydroxyl groups is 1. The molecule has 1 N–H and O–H groups in total. The average molecular weight is 545 g/mol. The van der Waals surface area contributed by atoms with Gasteiger partial charge in [-0.25, -0.2) is 0 Å². The number of methoxy groups -OCH3 is 5. The summed E-state index contributed by atoms with van der Waals surface area (Å²) in [6.45, 7) is 0. The molecule has 0 amide bonds. The highest BCUT2D eigenvalue weighted by atomic mass is 16.5. The lowest BCUT2D eigenvalue weighted by atomic mass is 10.0. The largest absolute Gasteiger partial charge is 0.508 e. The third kappa shape index (κ3) is 7.11. The van der Waals surface area contributed by atoms with Crippen LogP contribution in [-0.4, -0.2) is 40.7 Å². The Morgan fingerprint density at radius 3 is 1.85 bits per heavy atom. The predicted octanol–water partition coefficient (Wildman–Crippen LogP) is 6.80. The summed E-state index contributed by atoms with van der Waals surface area (Å²) in [5, 5.41) is 10.5. The van der Waals surface area contributed by atoms with Crippen molar-refractivity contribution in [1.29, 1.82) is 0 Å². The monoisotopic (exact) mass is 544 g/mol. The first kappa shape index (κ1) is 28.5. The maximum atomic E-state index is 10.5. The fourth-order valence-electron chi connectivity index (χ4n) is 4.61. The Hall–Kier alpha value is -4.52. The molecule has 0 heterocycles. The van der Waals surface area contributed by atoms with Gasteiger partial charge in [-0.15, -0.1) is 0 Å². The Labute approximate surface area is 235 Å². The summed E-state index contributed by atoms with van der Waals surface area (Å²) >= 11 is 0. The standard InChI is InChI=1S/C33H36O7/c1-35-27-8-6-7-22(16-27)11-13-25-19-33(32(39-5)21-30(25)37-3)40-28-17-24(15-26(34)20-28)10-9-23-12-14-29(36-2)31(18-23)38-4/h6-8,12,14-21,34H,9-11,13H2,1-5H3. The van der Waals surface area contributed by atoms with Crippen LogP contribution in [0.4, 0.5) is 0 Å². The summed E-state index contributed by atoms with van der Waals surface area (Å²) in [4.78, 5) is 0. The zero-order chi connectivity index (χ0) is 28.5. The molecule has 0 aromatic heterocycles.